The Morgan fingerprint density at radius 3 is 2.44 bits per heavy atom. The minimum absolute atomic E-state index is 0.0696. The van der Waals surface area contributed by atoms with Gasteiger partial charge >= 0.3 is 10.1 Å². The Hall–Kier alpha value is -2.16. The first kappa shape index (κ1) is 19.6. The molecule has 0 N–H and O–H groups in total. The number of aryl methyl sites for hydroxylation is 1. The second kappa shape index (κ2) is 7.84. The summed E-state index contributed by atoms with van der Waals surface area (Å²) in [6.07, 6.45) is 1.61. The molecular weight excluding hydrogens is 402 g/mol. The summed E-state index contributed by atoms with van der Waals surface area (Å²) in [6.45, 7) is 4.21. The van der Waals surface area contributed by atoms with E-state index in [0.717, 1.165) is 5.56 Å². The topological polar surface area (TPSA) is 63.7 Å². The van der Waals surface area contributed by atoms with Gasteiger partial charge in [-0.3, -0.25) is 9.69 Å². The van der Waals surface area contributed by atoms with Gasteiger partial charge in [-0.25, -0.2) is 0 Å². The Morgan fingerprint density at radius 1 is 1.15 bits per heavy atom. The summed E-state index contributed by atoms with van der Waals surface area (Å²) in [5.41, 5.74) is 1.44. The summed E-state index contributed by atoms with van der Waals surface area (Å²) >= 11 is 6.39. The normalized spacial score (nSPS) is 16.2. The third-order valence-corrected chi connectivity index (χ3v) is 6.53. The summed E-state index contributed by atoms with van der Waals surface area (Å²) < 4.78 is 31.0. The fraction of sp³-hybridized carbons (Fsp3) is 0.158. The van der Waals surface area contributed by atoms with Crippen LogP contribution in [0.2, 0.25) is 0 Å². The highest BCUT2D eigenvalue weighted by Crippen LogP contribution is 2.34. The van der Waals surface area contributed by atoms with Gasteiger partial charge in [0.1, 0.15) is 15.0 Å². The summed E-state index contributed by atoms with van der Waals surface area (Å²) in [7, 11) is -3.98. The van der Waals surface area contributed by atoms with Crippen molar-refractivity contribution in [1.82, 2.24) is 4.90 Å². The maximum absolute atomic E-state index is 12.6. The molecule has 3 rings (SSSR count). The minimum atomic E-state index is -3.98. The number of thioether (sulfide) groups is 1. The van der Waals surface area contributed by atoms with Crippen LogP contribution in [0.25, 0.3) is 6.08 Å². The molecule has 140 valence electrons. The summed E-state index contributed by atoms with van der Waals surface area (Å²) in [6, 6.07) is 13.1. The fourth-order valence-corrected chi connectivity index (χ4v) is 4.79. The van der Waals surface area contributed by atoms with Crippen molar-refractivity contribution in [2.75, 3.05) is 6.54 Å². The van der Waals surface area contributed by atoms with Gasteiger partial charge in [0.15, 0.2) is 0 Å². The third-order valence-electron chi connectivity index (χ3n) is 3.90. The molecule has 0 radical (unpaired) electrons. The van der Waals surface area contributed by atoms with Crippen LogP contribution in [-0.2, 0) is 14.9 Å². The Balaban J connectivity index is 1.93. The highest BCUT2D eigenvalue weighted by atomic mass is 32.2. The number of carbonyl (C=O) groups is 1. The smallest absolute Gasteiger partial charge is 0.339 e. The van der Waals surface area contributed by atoms with E-state index in [-0.39, 0.29) is 16.6 Å². The second-order valence-electron chi connectivity index (χ2n) is 5.81. The summed E-state index contributed by atoms with van der Waals surface area (Å²) in [5, 5.41) is 0. The molecule has 0 spiro atoms. The number of rotatable bonds is 5. The second-order valence-corrected chi connectivity index (χ2v) is 9.04. The van der Waals surface area contributed by atoms with Gasteiger partial charge in [0.25, 0.3) is 5.91 Å². The predicted molar refractivity (Wildman–Crippen MR) is 111 cm³/mol. The highest BCUT2D eigenvalue weighted by molar-refractivity contribution is 8.26. The number of benzene rings is 2. The van der Waals surface area contributed by atoms with Crippen LogP contribution in [0.15, 0.2) is 58.3 Å². The largest absolute Gasteiger partial charge is 0.378 e. The standard InChI is InChI=1S/C19H17NO4S3/c1-3-20-18(21)17(26-19(20)25)12-14-6-4-5-7-16(14)24-27(22,23)15-10-8-13(2)9-11-15/h4-12H,3H2,1-2H3/b17-12+. The Kier molecular flexibility index (Phi) is 5.69. The molecule has 0 aliphatic carbocycles. The Bertz CT molecular complexity index is 1030. The summed E-state index contributed by atoms with van der Waals surface area (Å²) in [5.74, 6) is -0.0384. The van der Waals surface area contributed by atoms with E-state index in [1.165, 1.54) is 28.8 Å². The number of hydrogen-bond acceptors (Lipinski definition) is 6. The van der Waals surface area contributed by atoms with E-state index < -0.39 is 10.1 Å². The van der Waals surface area contributed by atoms with Crippen molar-refractivity contribution in [3.63, 3.8) is 0 Å². The predicted octanol–water partition coefficient (Wildman–Crippen LogP) is 3.98. The quantitative estimate of drug-likeness (QED) is 0.415. The van der Waals surface area contributed by atoms with Gasteiger partial charge in [-0.05, 0) is 38.1 Å². The molecule has 27 heavy (non-hydrogen) atoms. The molecule has 0 aromatic heterocycles. The van der Waals surface area contributed by atoms with Crippen molar-refractivity contribution in [2.45, 2.75) is 18.7 Å². The van der Waals surface area contributed by atoms with Gasteiger partial charge in [0.05, 0.1) is 4.91 Å². The molecule has 5 nitrogen and oxygen atoms in total. The lowest BCUT2D eigenvalue weighted by Crippen LogP contribution is -2.27. The monoisotopic (exact) mass is 419 g/mol. The highest BCUT2D eigenvalue weighted by Gasteiger charge is 2.31. The molecule has 0 unspecified atom stereocenters. The minimum Gasteiger partial charge on any atom is -0.378 e. The molecule has 1 heterocycles. The average molecular weight is 420 g/mol. The van der Waals surface area contributed by atoms with Crippen molar-refractivity contribution in [3.05, 3.63) is 64.6 Å². The number of amides is 1. The van der Waals surface area contributed by atoms with E-state index in [4.69, 9.17) is 16.4 Å². The van der Waals surface area contributed by atoms with Crippen LogP contribution in [0.3, 0.4) is 0 Å². The van der Waals surface area contributed by atoms with Crippen LogP contribution in [0.5, 0.6) is 5.75 Å². The van der Waals surface area contributed by atoms with Gasteiger partial charge < -0.3 is 4.18 Å². The molecule has 1 amide bonds. The SMILES string of the molecule is CCN1C(=O)/C(=C\c2ccccc2OS(=O)(=O)c2ccc(C)cc2)SC1=S. The van der Waals surface area contributed by atoms with Gasteiger partial charge in [-0.1, -0.05) is 59.9 Å². The first-order chi connectivity index (χ1) is 12.8. The number of nitrogens with zero attached hydrogens (tertiary/aromatic N) is 1. The van der Waals surface area contributed by atoms with Gasteiger partial charge in [-0.2, -0.15) is 8.42 Å². The lowest BCUT2D eigenvalue weighted by Gasteiger charge is -2.11. The molecule has 2 aromatic rings. The van der Waals surface area contributed by atoms with Crippen molar-refractivity contribution in [3.8, 4) is 5.75 Å². The molecule has 2 aromatic carbocycles. The molecule has 1 aliphatic rings. The fourth-order valence-electron chi connectivity index (χ4n) is 2.46. The van der Waals surface area contributed by atoms with Crippen LogP contribution in [0, 0.1) is 6.92 Å². The van der Waals surface area contributed by atoms with Crippen LogP contribution < -0.4 is 4.18 Å². The first-order valence-corrected chi connectivity index (χ1v) is 10.8. The van der Waals surface area contributed by atoms with Gasteiger partial charge in [0.2, 0.25) is 0 Å². The van der Waals surface area contributed by atoms with E-state index in [1.54, 1.807) is 42.5 Å². The molecule has 0 bridgehead atoms. The van der Waals surface area contributed by atoms with E-state index in [0.29, 0.717) is 21.3 Å². The number of para-hydroxylation sites is 1. The lowest BCUT2D eigenvalue weighted by molar-refractivity contribution is -0.121. The van der Waals surface area contributed by atoms with Crippen LogP contribution in [-0.4, -0.2) is 30.1 Å². The van der Waals surface area contributed by atoms with Crippen molar-refractivity contribution in [2.24, 2.45) is 0 Å². The molecule has 1 fully saturated rings. The number of thiocarbonyl (C=S) groups is 1. The molecule has 0 saturated carbocycles. The Labute approximate surface area is 168 Å². The third kappa shape index (κ3) is 4.23. The van der Waals surface area contributed by atoms with Crippen LogP contribution >= 0.6 is 24.0 Å². The molecular formula is C19H17NO4S3. The average Bonchev–Trinajstić information content (AvgIpc) is 2.89. The van der Waals surface area contributed by atoms with Crippen molar-refractivity contribution in [1.29, 1.82) is 0 Å². The zero-order valence-electron chi connectivity index (χ0n) is 14.7. The molecule has 0 atom stereocenters. The maximum atomic E-state index is 12.6. The van der Waals surface area contributed by atoms with Crippen LogP contribution in [0.1, 0.15) is 18.1 Å². The van der Waals surface area contributed by atoms with E-state index >= 15 is 0 Å². The Morgan fingerprint density at radius 2 is 1.81 bits per heavy atom. The zero-order valence-corrected chi connectivity index (χ0v) is 17.2. The maximum Gasteiger partial charge on any atom is 0.339 e. The van der Waals surface area contributed by atoms with Crippen molar-refractivity contribution >= 4 is 50.4 Å². The zero-order chi connectivity index (χ0) is 19.6. The van der Waals surface area contributed by atoms with E-state index in [2.05, 4.69) is 0 Å². The van der Waals surface area contributed by atoms with E-state index in [1.807, 2.05) is 13.8 Å². The lowest BCUT2D eigenvalue weighted by atomic mass is 10.2. The van der Waals surface area contributed by atoms with Gasteiger partial charge in [0, 0.05) is 12.1 Å². The molecule has 1 aliphatic heterocycles. The van der Waals surface area contributed by atoms with Gasteiger partial charge in [-0.15, -0.1) is 0 Å². The molecule has 1 saturated heterocycles. The number of hydrogen-bond donors (Lipinski definition) is 0. The van der Waals surface area contributed by atoms with E-state index in [9.17, 15) is 13.2 Å². The summed E-state index contributed by atoms with van der Waals surface area (Å²) in [4.78, 5) is 14.4. The molecule has 8 heteroatoms. The first-order valence-electron chi connectivity index (χ1n) is 8.17. The number of likely N-dealkylation sites (N-methyl/N-ethyl adjacent to an activating group) is 1. The van der Waals surface area contributed by atoms with Crippen LogP contribution in [0.4, 0.5) is 0 Å². The van der Waals surface area contributed by atoms with Crippen molar-refractivity contribution < 1.29 is 17.4 Å². The number of carbonyl (C=O) groups excluding carboxylic acids is 1.